The topological polar surface area (TPSA) is 58.9 Å². The average Bonchev–Trinajstić information content (AvgIpc) is 3.21. The molecule has 4 rings (SSSR count). The molecule has 0 radical (unpaired) electrons. The van der Waals surface area contributed by atoms with Crippen molar-refractivity contribution >= 4 is 16.6 Å². The summed E-state index contributed by atoms with van der Waals surface area (Å²) in [6.45, 7) is 5.45. The highest BCUT2D eigenvalue weighted by Crippen LogP contribution is 2.39. The van der Waals surface area contributed by atoms with E-state index in [-0.39, 0.29) is 5.69 Å². The third kappa shape index (κ3) is 2.85. The van der Waals surface area contributed by atoms with E-state index in [1.807, 2.05) is 13.8 Å². The number of benzene rings is 1. The van der Waals surface area contributed by atoms with Crippen molar-refractivity contribution in [2.45, 2.75) is 39.8 Å². The van der Waals surface area contributed by atoms with Gasteiger partial charge in [-0.2, -0.15) is 23.4 Å². The fourth-order valence-corrected chi connectivity index (χ4v) is 3.42. The molecule has 0 atom stereocenters. The minimum Gasteiger partial charge on any atom is -0.278 e. The van der Waals surface area contributed by atoms with Crippen LogP contribution in [0.15, 0.2) is 24.4 Å². The summed E-state index contributed by atoms with van der Waals surface area (Å²) in [5, 5.41) is 12.0. The Bertz CT molecular complexity index is 1150. The normalized spacial score (nSPS) is 12.4. The predicted octanol–water partition coefficient (Wildman–Crippen LogP) is 4.86. The van der Waals surface area contributed by atoms with E-state index in [1.54, 1.807) is 25.3 Å². The highest BCUT2D eigenvalue weighted by Gasteiger charge is 2.36. The predicted molar refractivity (Wildman–Crippen MR) is 96.5 cm³/mol. The van der Waals surface area contributed by atoms with Crippen molar-refractivity contribution in [3.63, 3.8) is 0 Å². The van der Waals surface area contributed by atoms with Gasteiger partial charge in [-0.1, -0.05) is 6.92 Å². The first-order valence-corrected chi connectivity index (χ1v) is 8.70. The number of pyridine rings is 1. The van der Waals surface area contributed by atoms with Crippen molar-refractivity contribution in [1.82, 2.24) is 24.8 Å². The molecule has 3 aromatic heterocycles. The maximum atomic E-state index is 13.9. The van der Waals surface area contributed by atoms with Crippen LogP contribution in [-0.4, -0.2) is 24.8 Å². The quantitative estimate of drug-likeness (QED) is 0.558. The fourth-order valence-electron chi connectivity index (χ4n) is 3.42. The van der Waals surface area contributed by atoms with Gasteiger partial charge in [0, 0.05) is 17.4 Å². The van der Waals surface area contributed by atoms with Gasteiger partial charge in [0.2, 0.25) is 0 Å². The third-order valence-corrected chi connectivity index (χ3v) is 4.63. The number of alkyl halides is 3. The van der Waals surface area contributed by atoms with Gasteiger partial charge in [0.25, 0.3) is 0 Å². The number of aromatic amines is 1. The maximum absolute atomic E-state index is 13.9. The van der Waals surface area contributed by atoms with E-state index in [1.165, 1.54) is 4.52 Å². The van der Waals surface area contributed by atoms with Crippen LogP contribution < -0.4 is 0 Å². The van der Waals surface area contributed by atoms with E-state index >= 15 is 0 Å². The lowest BCUT2D eigenvalue weighted by Gasteiger charge is -2.16. The second kappa shape index (κ2) is 6.07. The van der Waals surface area contributed by atoms with Gasteiger partial charge in [0.1, 0.15) is 0 Å². The number of hydrogen-bond acceptors (Lipinski definition) is 3. The number of hydrogen-bond donors (Lipinski definition) is 1. The minimum absolute atomic E-state index is 0.00385. The Hall–Kier alpha value is -2.90. The van der Waals surface area contributed by atoms with E-state index < -0.39 is 11.7 Å². The minimum atomic E-state index is -4.51. The number of H-pyrrole nitrogens is 1. The van der Waals surface area contributed by atoms with Crippen LogP contribution in [0.1, 0.15) is 35.9 Å². The van der Waals surface area contributed by atoms with Gasteiger partial charge in [-0.05, 0) is 49.6 Å². The highest BCUT2D eigenvalue weighted by molar-refractivity contribution is 5.87. The number of halogens is 3. The van der Waals surface area contributed by atoms with Gasteiger partial charge in [0.15, 0.2) is 11.5 Å². The Labute approximate surface area is 153 Å². The summed E-state index contributed by atoms with van der Waals surface area (Å²) in [6.07, 6.45) is -1.47. The number of fused-ring (bicyclic) bond motifs is 2. The van der Waals surface area contributed by atoms with Gasteiger partial charge in [-0.3, -0.25) is 5.10 Å². The number of aryl methyl sites for hydroxylation is 3. The van der Waals surface area contributed by atoms with E-state index in [9.17, 15) is 13.2 Å². The third-order valence-electron chi connectivity index (χ3n) is 4.63. The molecule has 0 saturated carbocycles. The molecule has 4 aromatic rings. The van der Waals surface area contributed by atoms with Crippen LogP contribution in [0.25, 0.3) is 27.8 Å². The van der Waals surface area contributed by atoms with Crippen molar-refractivity contribution in [3.8, 4) is 11.3 Å². The molecule has 0 fully saturated rings. The molecule has 8 heteroatoms. The molecule has 0 unspecified atom stereocenters. The van der Waals surface area contributed by atoms with Crippen LogP contribution in [-0.2, 0) is 12.6 Å². The van der Waals surface area contributed by atoms with Crippen LogP contribution >= 0.6 is 0 Å². The van der Waals surface area contributed by atoms with Crippen molar-refractivity contribution < 1.29 is 13.2 Å². The van der Waals surface area contributed by atoms with Crippen molar-refractivity contribution in [2.24, 2.45) is 0 Å². The molecule has 27 heavy (non-hydrogen) atoms. The first-order valence-electron chi connectivity index (χ1n) is 8.70. The number of rotatable bonds is 3. The van der Waals surface area contributed by atoms with Gasteiger partial charge in [-0.25, -0.2) is 9.50 Å². The summed E-state index contributed by atoms with van der Waals surface area (Å²) in [5.41, 5.74) is 2.24. The van der Waals surface area contributed by atoms with E-state index in [0.717, 1.165) is 29.0 Å². The lowest BCUT2D eigenvalue weighted by molar-refractivity contribution is -0.137. The smallest absolute Gasteiger partial charge is 0.278 e. The molecule has 1 N–H and O–H groups in total. The Balaban J connectivity index is 2.10. The molecule has 0 saturated heterocycles. The summed E-state index contributed by atoms with van der Waals surface area (Å²) in [7, 11) is 0. The molecule has 5 nitrogen and oxygen atoms in total. The van der Waals surface area contributed by atoms with Crippen LogP contribution in [0.4, 0.5) is 13.2 Å². The van der Waals surface area contributed by atoms with Gasteiger partial charge in [0.05, 0.1) is 23.0 Å². The second-order valence-electron chi connectivity index (χ2n) is 6.73. The molecule has 3 heterocycles. The number of nitrogens with one attached hydrogen (secondary N) is 1. The van der Waals surface area contributed by atoms with Crippen molar-refractivity contribution in [3.05, 3.63) is 46.9 Å². The van der Waals surface area contributed by atoms with Crippen molar-refractivity contribution in [2.75, 3.05) is 0 Å². The fraction of sp³-hybridized carbons (Fsp3) is 0.316. The van der Waals surface area contributed by atoms with Crippen LogP contribution in [0.2, 0.25) is 0 Å². The summed E-state index contributed by atoms with van der Waals surface area (Å²) in [6, 6.07) is 4.58. The van der Waals surface area contributed by atoms with Crippen LogP contribution in [0.3, 0.4) is 0 Å². The molecular formula is C19H18F3N5. The Morgan fingerprint density at radius 1 is 1.11 bits per heavy atom. The monoisotopic (exact) mass is 373 g/mol. The van der Waals surface area contributed by atoms with E-state index in [4.69, 9.17) is 0 Å². The standard InChI is InChI=1S/C19H18F3N5/c1-4-5-15-24-18-11(3)7-14(19(20,21)22)17(27(18)26-15)12-6-10(2)16-13(8-12)9-23-25-16/h6-9H,4-5H2,1-3H3,(H,23,25). The second-order valence-corrected chi connectivity index (χ2v) is 6.73. The molecule has 140 valence electrons. The van der Waals surface area contributed by atoms with E-state index in [2.05, 4.69) is 20.3 Å². The Morgan fingerprint density at radius 2 is 1.89 bits per heavy atom. The molecule has 0 aliphatic heterocycles. The zero-order chi connectivity index (χ0) is 19.3. The summed E-state index contributed by atoms with van der Waals surface area (Å²) < 4.78 is 43.0. The summed E-state index contributed by atoms with van der Waals surface area (Å²) in [5.74, 6) is 0.544. The van der Waals surface area contributed by atoms with Gasteiger partial charge >= 0.3 is 6.18 Å². The highest BCUT2D eigenvalue weighted by atomic mass is 19.4. The zero-order valence-corrected chi connectivity index (χ0v) is 15.1. The van der Waals surface area contributed by atoms with Crippen molar-refractivity contribution in [1.29, 1.82) is 0 Å². The molecule has 1 aromatic carbocycles. The summed E-state index contributed by atoms with van der Waals surface area (Å²) >= 11 is 0. The Kier molecular flexibility index (Phi) is 3.94. The lowest BCUT2D eigenvalue weighted by atomic mass is 10.00. The molecule has 0 aliphatic rings. The number of nitrogens with zero attached hydrogens (tertiary/aromatic N) is 4. The van der Waals surface area contributed by atoms with Gasteiger partial charge in [-0.15, -0.1) is 0 Å². The SMILES string of the molecule is CCCc1nc2c(C)cc(C(F)(F)F)c(-c3cc(C)c4[nH]ncc4c3)n2n1. The molecule has 0 spiro atoms. The molecular weight excluding hydrogens is 355 g/mol. The molecule has 0 bridgehead atoms. The maximum Gasteiger partial charge on any atom is 0.418 e. The molecule has 0 amide bonds. The number of aromatic nitrogens is 5. The Morgan fingerprint density at radius 3 is 2.59 bits per heavy atom. The average molecular weight is 373 g/mol. The molecule has 0 aliphatic carbocycles. The summed E-state index contributed by atoms with van der Waals surface area (Å²) in [4.78, 5) is 4.45. The van der Waals surface area contributed by atoms with Crippen LogP contribution in [0, 0.1) is 13.8 Å². The largest absolute Gasteiger partial charge is 0.418 e. The first-order chi connectivity index (χ1) is 12.8. The first kappa shape index (κ1) is 17.5. The van der Waals surface area contributed by atoms with Crippen LogP contribution in [0.5, 0.6) is 0 Å². The zero-order valence-electron chi connectivity index (χ0n) is 15.1. The lowest BCUT2D eigenvalue weighted by Crippen LogP contribution is -2.12. The van der Waals surface area contributed by atoms with E-state index in [0.29, 0.717) is 29.0 Å². The van der Waals surface area contributed by atoms with Gasteiger partial charge < -0.3 is 0 Å².